The van der Waals surface area contributed by atoms with Crippen LogP contribution in [0.2, 0.25) is 5.02 Å². The number of carbonyl (C=O) groups is 2. The maximum Gasteiger partial charge on any atom is 0.313 e. The maximum absolute atomic E-state index is 12.6. The lowest BCUT2D eigenvalue weighted by Gasteiger charge is -2.13. The number of benzene rings is 1. The van der Waals surface area contributed by atoms with Crippen LogP contribution in [0.15, 0.2) is 29.4 Å². The fourth-order valence-electron chi connectivity index (χ4n) is 4.22. The minimum atomic E-state index is -0.603. The summed E-state index contributed by atoms with van der Waals surface area (Å²) in [6, 6.07) is 2.69. The van der Waals surface area contributed by atoms with Gasteiger partial charge in [0.05, 0.1) is 34.6 Å². The number of nitro benzene ring substituents is 1. The summed E-state index contributed by atoms with van der Waals surface area (Å²) in [5, 5.41) is 16.2. The largest absolute Gasteiger partial charge is 0.486 e. The second kappa shape index (κ2) is 6.45. The fraction of sp³-hybridized carbons (Fsp3) is 0.389. The van der Waals surface area contributed by atoms with Crippen molar-refractivity contribution in [3.8, 4) is 5.75 Å². The van der Waals surface area contributed by atoms with Gasteiger partial charge < -0.3 is 4.74 Å². The first kappa shape index (κ1) is 17.7. The summed E-state index contributed by atoms with van der Waals surface area (Å²) in [6.07, 6.45) is 6.07. The standard InChI is InChI=1S/C18H16ClN3O5/c1-2-27-16-12(19)5-9(6-13(16)22(25)26)8-20-21-17(23)14-10-3-4-11(7-10)15(14)18(21)24/h3-6,8,10-11,14-15H,2,7H2,1H3. The molecule has 1 aliphatic heterocycles. The Morgan fingerprint density at radius 2 is 1.93 bits per heavy atom. The highest BCUT2D eigenvalue weighted by atomic mass is 35.5. The Morgan fingerprint density at radius 3 is 2.48 bits per heavy atom. The van der Waals surface area contributed by atoms with E-state index in [0.29, 0.717) is 5.56 Å². The van der Waals surface area contributed by atoms with E-state index in [-0.39, 0.29) is 58.6 Å². The minimum absolute atomic E-state index is 0.0215. The molecule has 9 heteroatoms. The van der Waals surface area contributed by atoms with Gasteiger partial charge in [-0.25, -0.2) is 0 Å². The molecule has 4 atom stereocenters. The molecule has 4 unspecified atom stereocenters. The van der Waals surface area contributed by atoms with E-state index in [9.17, 15) is 19.7 Å². The average molecular weight is 390 g/mol. The molecule has 1 saturated heterocycles. The molecule has 4 rings (SSSR count). The summed E-state index contributed by atoms with van der Waals surface area (Å²) >= 11 is 6.09. The summed E-state index contributed by atoms with van der Waals surface area (Å²) in [5.74, 6) is -1.15. The van der Waals surface area contributed by atoms with Crippen LogP contribution in [0.25, 0.3) is 0 Å². The molecule has 140 valence electrons. The predicted molar refractivity (Wildman–Crippen MR) is 96.4 cm³/mol. The van der Waals surface area contributed by atoms with Gasteiger partial charge in [0, 0.05) is 11.6 Å². The normalized spacial score (nSPS) is 28.4. The van der Waals surface area contributed by atoms with Crippen molar-refractivity contribution in [3.63, 3.8) is 0 Å². The first-order valence-corrected chi connectivity index (χ1v) is 9.01. The van der Waals surface area contributed by atoms with E-state index in [1.54, 1.807) is 6.92 Å². The maximum atomic E-state index is 12.6. The van der Waals surface area contributed by atoms with E-state index in [1.807, 2.05) is 12.2 Å². The number of ether oxygens (including phenoxy) is 1. The summed E-state index contributed by atoms with van der Waals surface area (Å²) in [6.45, 7) is 1.92. The molecule has 1 aromatic carbocycles. The Labute approximate surface area is 159 Å². The molecule has 2 amide bonds. The number of halogens is 1. The predicted octanol–water partition coefficient (Wildman–Crippen LogP) is 2.79. The Bertz CT molecular complexity index is 883. The van der Waals surface area contributed by atoms with E-state index in [0.717, 1.165) is 11.4 Å². The van der Waals surface area contributed by atoms with Crippen molar-refractivity contribution < 1.29 is 19.2 Å². The Hall–Kier alpha value is -2.74. The van der Waals surface area contributed by atoms with Gasteiger partial charge in [-0.15, -0.1) is 0 Å². The van der Waals surface area contributed by atoms with Crippen molar-refractivity contribution in [2.75, 3.05) is 6.61 Å². The lowest BCUT2D eigenvalue weighted by molar-refractivity contribution is -0.385. The smallest absolute Gasteiger partial charge is 0.313 e. The third-order valence-electron chi connectivity index (χ3n) is 5.30. The third kappa shape index (κ3) is 2.71. The first-order valence-electron chi connectivity index (χ1n) is 8.63. The Balaban J connectivity index is 1.61. The molecule has 3 aliphatic rings. The van der Waals surface area contributed by atoms with Gasteiger partial charge >= 0.3 is 5.69 Å². The zero-order valence-corrected chi connectivity index (χ0v) is 15.1. The van der Waals surface area contributed by atoms with Gasteiger partial charge in [-0.05, 0) is 31.2 Å². The molecule has 0 spiro atoms. The van der Waals surface area contributed by atoms with Crippen LogP contribution in [0.3, 0.4) is 0 Å². The molecule has 0 radical (unpaired) electrons. The molecule has 27 heavy (non-hydrogen) atoms. The Morgan fingerprint density at radius 1 is 1.30 bits per heavy atom. The summed E-state index contributed by atoms with van der Waals surface area (Å²) in [7, 11) is 0. The second-order valence-corrected chi connectivity index (χ2v) is 7.18. The van der Waals surface area contributed by atoms with Crippen molar-refractivity contribution in [3.05, 3.63) is 45.0 Å². The van der Waals surface area contributed by atoms with E-state index >= 15 is 0 Å². The zero-order chi connectivity index (χ0) is 19.3. The van der Waals surface area contributed by atoms with E-state index in [4.69, 9.17) is 16.3 Å². The summed E-state index contributed by atoms with van der Waals surface area (Å²) in [5.41, 5.74) is -0.00195. The van der Waals surface area contributed by atoms with Gasteiger partial charge in [0.15, 0.2) is 0 Å². The second-order valence-electron chi connectivity index (χ2n) is 6.77. The quantitative estimate of drug-likeness (QED) is 0.253. The number of hydrogen-bond donors (Lipinski definition) is 0. The molecule has 1 aromatic rings. The molecular weight excluding hydrogens is 374 g/mol. The van der Waals surface area contributed by atoms with Crippen LogP contribution in [-0.2, 0) is 9.59 Å². The van der Waals surface area contributed by atoms with Crippen molar-refractivity contribution in [1.29, 1.82) is 0 Å². The SMILES string of the molecule is CCOc1c(Cl)cc(C=NN2C(=O)C3C4C=CC(C4)C3C2=O)cc1[N+](=O)[O-]. The van der Waals surface area contributed by atoms with E-state index in [1.165, 1.54) is 18.3 Å². The first-order chi connectivity index (χ1) is 12.9. The fourth-order valence-corrected chi connectivity index (χ4v) is 4.50. The highest BCUT2D eigenvalue weighted by Gasteiger charge is 2.59. The molecule has 0 N–H and O–H groups in total. The van der Waals surface area contributed by atoms with Crippen LogP contribution in [0.4, 0.5) is 5.69 Å². The topological polar surface area (TPSA) is 102 Å². The minimum Gasteiger partial charge on any atom is -0.486 e. The number of allylic oxidation sites excluding steroid dienone is 2. The number of amides is 2. The van der Waals surface area contributed by atoms with Crippen LogP contribution in [0.1, 0.15) is 18.9 Å². The van der Waals surface area contributed by atoms with E-state index in [2.05, 4.69) is 5.10 Å². The van der Waals surface area contributed by atoms with Crippen LogP contribution in [0, 0.1) is 33.8 Å². The number of hydrazone groups is 1. The third-order valence-corrected chi connectivity index (χ3v) is 5.58. The monoisotopic (exact) mass is 389 g/mol. The molecule has 0 aromatic heterocycles. The van der Waals surface area contributed by atoms with Gasteiger partial charge in [0.25, 0.3) is 11.8 Å². The number of fused-ring (bicyclic) bond motifs is 5. The molecular formula is C18H16ClN3O5. The number of carbonyl (C=O) groups excluding carboxylic acids is 2. The van der Waals surface area contributed by atoms with Crippen LogP contribution in [-0.4, -0.2) is 34.6 Å². The average Bonchev–Trinajstić information content (AvgIpc) is 3.30. The molecule has 2 aliphatic carbocycles. The van der Waals surface area contributed by atoms with Crippen molar-refractivity contribution in [1.82, 2.24) is 5.01 Å². The number of nitro groups is 1. The Kier molecular flexibility index (Phi) is 4.22. The molecule has 2 bridgehead atoms. The van der Waals surface area contributed by atoms with Crippen LogP contribution >= 0.6 is 11.6 Å². The van der Waals surface area contributed by atoms with Gasteiger partial charge in [0.1, 0.15) is 0 Å². The highest BCUT2D eigenvalue weighted by Crippen LogP contribution is 2.52. The van der Waals surface area contributed by atoms with Gasteiger partial charge in [-0.3, -0.25) is 19.7 Å². The van der Waals surface area contributed by atoms with Gasteiger partial charge in [0.2, 0.25) is 5.75 Å². The highest BCUT2D eigenvalue weighted by molar-refractivity contribution is 6.32. The van der Waals surface area contributed by atoms with Crippen molar-refractivity contribution in [2.45, 2.75) is 13.3 Å². The number of hydrogen-bond acceptors (Lipinski definition) is 6. The molecule has 1 saturated carbocycles. The van der Waals surface area contributed by atoms with Gasteiger partial charge in [-0.2, -0.15) is 10.1 Å². The van der Waals surface area contributed by atoms with Crippen LogP contribution in [0.5, 0.6) is 5.75 Å². The summed E-state index contributed by atoms with van der Waals surface area (Å²) < 4.78 is 5.23. The molecule has 2 fully saturated rings. The molecule has 1 heterocycles. The van der Waals surface area contributed by atoms with Crippen molar-refractivity contribution in [2.24, 2.45) is 28.8 Å². The number of nitrogens with zero attached hydrogens (tertiary/aromatic N) is 3. The summed E-state index contributed by atoms with van der Waals surface area (Å²) in [4.78, 5) is 35.9. The zero-order valence-electron chi connectivity index (χ0n) is 14.4. The number of rotatable bonds is 5. The lowest BCUT2D eigenvalue weighted by Crippen LogP contribution is -2.28. The molecule has 8 nitrogen and oxygen atoms in total. The lowest BCUT2D eigenvalue weighted by atomic mass is 9.85. The van der Waals surface area contributed by atoms with Crippen LogP contribution < -0.4 is 4.74 Å². The van der Waals surface area contributed by atoms with Crippen molar-refractivity contribution >= 4 is 35.3 Å². The van der Waals surface area contributed by atoms with Gasteiger partial charge in [-0.1, -0.05) is 23.8 Å². The number of imide groups is 1. The van der Waals surface area contributed by atoms with E-state index < -0.39 is 4.92 Å².